The summed E-state index contributed by atoms with van der Waals surface area (Å²) in [4.78, 5) is 20.6. The fourth-order valence-corrected chi connectivity index (χ4v) is 3.71. The maximum absolute atomic E-state index is 12.6. The van der Waals surface area contributed by atoms with Crippen LogP contribution in [0.4, 0.5) is 5.69 Å². The van der Waals surface area contributed by atoms with Crippen LogP contribution in [0.15, 0.2) is 60.7 Å². The van der Waals surface area contributed by atoms with E-state index in [0.29, 0.717) is 17.3 Å². The third-order valence-corrected chi connectivity index (χ3v) is 5.59. The number of carbonyl (C=O) groups excluding carboxylic acids is 1. The Morgan fingerprint density at radius 1 is 1.00 bits per heavy atom. The van der Waals surface area contributed by atoms with Crippen molar-refractivity contribution in [2.45, 2.75) is 6.54 Å². The molecule has 1 aliphatic heterocycles. The van der Waals surface area contributed by atoms with Crippen molar-refractivity contribution in [3.63, 3.8) is 0 Å². The molecule has 5 nitrogen and oxygen atoms in total. The molecule has 0 saturated carbocycles. The van der Waals surface area contributed by atoms with Crippen molar-refractivity contribution in [2.75, 3.05) is 38.1 Å². The van der Waals surface area contributed by atoms with Gasteiger partial charge in [0.05, 0.1) is 0 Å². The number of nitrogens with one attached hydrogen (secondary N) is 2. The molecule has 1 aliphatic rings. The van der Waals surface area contributed by atoms with E-state index in [2.05, 4.69) is 45.3 Å². The molecule has 7 heteroatoms. The van der Waals surface area contributed by atoms with Crippen LogP contribution in [0.25, 0.3) is 11.3 Å². The molecule has 1 fully saturated rings. The minimum absolute atomic E-state index is 0. The van der Waals surface area contributed by atoms with E-state index in [4.69, 9.17) is 11.6 Å². The van der Waals surface area contributed by atoms with Crippen LogP contribution in [0.1, 0.15) is 16.1 Å². The second kappa shape index (κ2) is 10.0. The van der Waals surface area contributed by atoms with Crippen LogP contribution in [-0.4, -0.2) is 49.0 Å². The molecule has 2 aromatic carbocycles. The van der Waals surface area contributed by atoms with E-state index >= 15 is 0 Å². The van der Waals surface area contributed by atoms with Gasteiger partial charge in [-0.05, 0) is 42.9 Å². The molecule has 0 aliphatic carbocycles. The normalized spacial score (nSPS) is 14.3. The number of hydrogen-bond acceptors (Lipinski definition) is 3. The smallest absolute Gasteiger partial charge is 0.267 e. The molecule has 30 heavy (non-hydrogen) atoms. The number of nitrogens with zero attached hydrogens (tertiary/aromatic N) is 2. The number of anilines is 1. The number of rotatable bonds is 5. The largest absolute Gasteiger partial charge is 0.368 e. The van der Waals surface area contributed by atoms with Gasteiger partial charge in [0.25, 0.3) is 5.91 Å². The second-order valence-electron chi connectivity index (χ2n) is 7.40. The average molecular weight is 445 g/mol. The van der Waals surface area contributed by atoms with E-state index in [9.17, 15) is 4.79 Å². The monoisotopic (exact) mass is 444 g/mol. The number of halogens is 2. The molecule has 0 radical (unpaired) electrons. The first-order valence-corrected chi connectivity index (χ1v) is 10.2. The summed E-state index contributed by atoms with van der Waals surface area (Å²) < 4.78 is 0. The number of hydrogen-bond donors (Lipinski definition) is 2. The Morgan fingerprint density at radius 2 is 1.70 bits per heavy atom. The van der Waals surface area contributed by atoms with Crippen molar-refractivity contribution in [1.29, 1.82) is 0 Å². The lowest BCUT2D eigenvalue weighted by Gasteiger charge is -2.35. The molecule has 0 spiro atoms. The lowest BCUT2D eigenvalue weighted by molar-refractivity contribution is 0.0946. The van der Waals surface area contributed by atoms with E-state index in [1.54, 1.807) is 0 Å². The summed E-state index contributed by atoms with van der Waals surface area (Å²) in [5.74, 6) is -0.122. The first kappa shape index (κ1) is 22.2. The standard InChI is InChI=1S/C23H25ClN4O.ClH/c1-27-12-14-28(15-13-27)22-5-3-2-4-19(22)20-10-11-21(26-20)23(29)25-16-17-6-8-18(24)9-7-17;/h2-11,26H,12-16H2,1H3,(H,25,29);1H. The van der Waals surface area contributed by atoms with E-state index in [-0.39, 0.29) is 18.3 Å². The second-order valence-corrected chi connectivity index (χ2v) is 7.84. The molecule has 0 bridgehead atoms. The predicted octanol–water partition coefficient (Wildman–Crippen LogP) is 4.44. The van der Waals surface area contributed by atoms with Crippen LogP contribution in [0.3, 0.4) is 0 Å². The minimum atomic E-state index is -0.122. The van der Waals surface area contributed by atoms with Gasteiger partial charge in [0.2, 0.25) is 0 Å². The number of likely N-dealkylation sites (N-methyl/N-ethyl adjacent to an activating group) is 1. The van der Waals surface area contributed by atoms with Crippen molar-refractivity contribution in [3.8, 4) is 11.3 Å². The highest BCUT2D eigenvalue weighted by Gasteiger charge is 2.18. The Hall–Kier alpha value is -2.47. The molecule has 3 aromatic rings. The van der Waals surface area contributed by atoms with Gasteiger partial charge < -0.3 is 20.1 Å². The zero-order valence-corrected chi connectivity index (χ0v) is 18.5. The Balaban J connectivity index is 0.00000256. The number of aromatic nitrogens is 1. The van der Waals surface area contributed by atoms with Crippen molar-refractivity contribution in [1.82, 2.24) is 15.2 Å². The van der Waals surface area contributed by atoms with Crippen LogP contribution >= 0.6 is 24.0 Å². The van der Waals surface area contributed by atoms with Gasteiger partial charge in [-0.1, -0.05) is 41.9 Å². The first-order valence-electron chi connectivity index (χ1n) is 9.85. The molecule has 4 rings (SSSR count). The molecular formula is C23H26Cl2N4O. The summed E-state index contributed by atoms with van der Waals surface area (Å²) in [7, 11) is 2.16. The molecule has 1 amide bonds. The van der Waals surface area contributed by atoms with Crippen LogP contribution in [0.5, 0.6) is 0 Å². The molecule has 158 valence electrons. The number of carbonyl (C=O) groups is 1. The van der Waals surface area contributed by atoms with E-state index in [1.165, 1.54) is 5.69 Å². The van der Waals surface area contributed by atoms with E-state index in [0.717, 1.165) is 43.0 Å². The Bertz CT molecular complexity index is 979. The number of aromatic amines is 1. The molecular weight excluding hydrogens is 419 g/mol. The maximum atomic E-state index is 12.6. The zero-order valence-electron chi connectivity index (χ0n) is 16.9. The summed E-state index contributed by atoms with van der Waals surface area (Å²) in [6, 6.07) is 19.7. The third kappa shape index (κ3) is 5.17. The van der Waals surface area contributed by atoms with Crippen molar-refractivity contribution in [3.05, 3.63) is 76.9 Å². The molecule has 2 heterocycles. The SMILES string of the molecule is CN1CCN(c2ccccc2-c2ccc(C(=O)NCc3ccc(Cl)cc3)[nH]2)CC1.Cl. The Morgan fingerprint density at radius 3 is 2.43 bits per heavy atom. The molecule has 1 saturated heterocycles. The predicted molar refractivity (Wildman–Crippen MR) is 126 cm³/mol. The third-order valence-electron chi connectivity index (χ3n) is 5.34. The highest BCUT2D eigenvalue weighted by atomic mass is 35.5. The Kier molecular flexibility index (Phi) is 7.43. The highest BCUT2D eigenvalue weighted by molar-refractivity contribution is 6.30. The molecule has 0 atom stereocenters. The summed E-state index contributed by atoms with van der Waals surface area (Å²) in [6.45, 7) is 4.57. The van der Waals surface area contributed by atoms with Crippen LogP contribution in [0.2, 0.25) is 5.02 Å². The summed E-state index contributed by atoms with van der Waals surface area (Å²) in [5, 5.41) is 3.64. The van der Waals surface area contributed by atoms with Crippen molar-refractivity contribution in [2.24, 2.45) is 0 Å². The van der Waals surface area contributed by atoms with Crippen LogP contribution < -0.4 is 10.2 Å². The van der Waals surface area contributed by atoms with Gasteiger partial charge in [0.15, 0.2) is 0 Å². The lowest BCUT2D eigenvalue weighted by atomic mass is 10.1. The summed E-state index contributed by atoms with van der Waals surface area (Å²) in [5.41, 5.74) is 4.85. The van der Waals surface area contributed by atoms with E-state index in [1.807, 2.05) is 42.5 Å². The van der Waals surface area contributed by atoms with Gasteiger partial charge in [-0.3, -0.25) is 4.79 Å². The molecule has 2 N–H and O–H groups in total. The van der Waals surface area contributed by atoms with Crippen LogP contribution in [0, 0.1) is 0 Å². The van der Waals surface area contributed by atoms with Crippen molar-refractivity contribution < 1.29 is 4.79 Å². The number of para-hydroxylation sites is 1. The van der Waals surface area contributed by atoms with Crippen molar-refractivity contribution >= 4 is 35.6 Å². The zero-order chi connectivity index (χ0) is 20.2. The fraction of sp³-hybridized carbons (Fsp3) is 0.261. The quantitative estimate of drug-likeness (QED) is 0.611. The summed E-state index contributed by atoms with van der Waals surface area (Å²) >= 11 is 5.91. The lowest BCUT2D eigenvalue weighted by Crippen LogP contribution is -2.44. The van der Waals surface area contributed by atoms with Gasteiger partial charge in [-0.25, -0.2) is 0 Å². The van der Waals surface area contributed by atoms with Crippen LogP contribution in [-0.2, 0) is 6.54 Å². The number of benzene rings is 2. The fourth-order valence-electron chi connectivity index (χ4n) is 3.59. The number of piperazine rings is 1. The molecule has 1 aromatic heterocycles. The van der Waals surface area contributed by atoms with Gasteiger partial charge in [0, 0.05) is 54.7 Å². The molecule has 0 unspecified atom stereocenters. The highest BCUT2D eigenvalue weighted by Crippen LogP contribution is 2.30. The van der Waals surface area contributed by atoms with Gasteiger partial charge in [0.1, 0.15) is 5.69 Å². The summed E-state index contributed by atoms with van der Waals surface area (Å²) in [6.07, 6.45) is 0. The van der Waals surface area contributed by atoms with Gasteiger partial charge in [-0.2, -0.15) is 0 Å². The topological polar surface area (TPSA) is 51.4 Å². The maximum Gasteiger partial charge on any atom is 0.267 e. The number of H-pyrrole nitrogens is 1. The first-order chi connectivity index (χ1) is 14.1. The Labute approximate surface area is 188 Å². The van der Waals surface area contributed by atoms with Gasteiger partial charge in [-0.15, -0.1) is 12.4 Å². The van der Waals surface area contributed by atoms with Gasteiger partial charge >= 0.3 is 0 Å². The number of amides is 1. The minimum Gasteiger partial charge on any atom is -0.368 e. The van der Waals surface area contributed by atoms with E-state index < -0.39 is 0 Å². The average Bonchev–Trinajstić information content (AvgIpc) is 3.24.